The molecule has 0 bridgehead atoms. The first-order valence-electron chi connectivity index (χ1n) is 7.99. The molecule has 0 aromatic carbocycles. The van der Waals surface area contributed by atoms with Gasteiger partial charge in [0.05, 0.1) is 18.1 Å². The summed E-state index contributed by atoms with van der Waals surface area (Å²) in [6.07, 6.45) is 6.34. The predicted octanol–water partition coefficient (Wildman–Crippen LogP) is 1.75. The Morgan fingerprint density at radius 2 is 2.14 bits per heavy atom. The Hall–Kier alpha value is -1.20. The number of hydrogen-bond acceptors (Lipinski definition) is 5. The van der Waals surface area contributed by atoms with Gasteiger partial charge < -0.3 is 15.1 Å². The third-order valence-corrected chi connectivity index (χ3v) is 3.80. The topological polar surface area (TPSA) is 44.3 Å². The van der Waals surface area contributed by atoms with E-state index in [-0.39, 0.29) is 0 Å². The number of hydrogen-bond donors (Lipinski definition) is 1. The highest BCUT2D eigenvalue weighted by molar-refractivity contribution is 5.39. The molecular weight excluding hydrogens is 262 g/mol. The monoisotopic (exact) mass is 291 g/mol. The van der Waals surface area contributed by atoms with Gasteiger partial charge in [-0.25, -0.2) is 4.98 Å². The molecule has 0 spiro atoms. The molecule has 0 saturated carbocycles. The Kier molecular flexibility index (Phi) is 5.94. The molecule has 5 heteroatoms. The van der Waals surface area contributed by atoms with E-state index in [0.29, 0.717) is 12.0 Å². The average Bonchev–Trinajstić information content (AvgIpc) is 2.86. The summed E-state index contributed by atoms with van der Waals surface area (Å²) in [5, 5.41) is 3.40. The Balaban J connectivity index is 1.91. The molecule has 0 aliphatic carbocycles. The van der Waals surface area contributed by atoms with E-state index in [1.54, 1.807) is 0 Å². The van der Waals surface area contributed by atoms with Crippen LogP contribution in [0.1, 0.15) is 32.4 Å². The summed E-state index contributed by atoms with van der Waals surface area (Å²) in [5.74, 6) is 1.68. The van der Waals surface area contributed by atoms with Gasteiger partial charge in [-0.15, -0.1) is 0 Å². The molecule has 1 unspecified atom stereocenters. The summed E-state index contributed by atoms with van der Waals surface area (Å²) in [6, 6.07) is 0.569. The van der Waals surface area contributed by atoms with E-state index in [1.165, 1.54) is 12.8 Å². The summed E-state index contributed by atoms with van der Waals surface area (Å²) in [6.45, 7) is 8.41. The van der Waals surface area contributed by atoms with Crippen molar-refractivity contribution in [3.8, 4) is 0 Å². The van der Waals surface area contributed by atoms with Gasteiger partial charge in [0, 0.05) is 25.7 Å². The first-order valence-corrected chi connectivity index (χ1v) is 7.99. The van der Waals surface area contributed by atoms with Crippen molar-refractivity contribution in [2.45, 2.75) is 39.3 Å². The van der Waals surface area contributed by atoms with Crippen molar-refractivity contribution in [3.05, 3.63) is 18.1 Å². The van der Waals surface area contributed by atoms with Gasteiger partial charge in [-0.3, -0.25) is 4.98 Å². The first kappa shape index (κ1) is 16.2. The molecule has 2 heterocycles. The Bertz CT molecular complexity index is 415. The summed E-state index contributed by atoms with van der Waals surface area (Å²) in [4.78, 5) is 13.8. The van der Waals surface area contributed by atoms with Crippen LogP contribution < -0.4 is 10.2 Å². The fraction of sp³-hybridized carbons (Fsp3) is 0.750. The minimum Gasteiger partial charge on any atom is -0.351 e. The second-order valence-corrected chi connectivity index (χ2v) is 6.64. The maximum atomic E-state index is 4.62. The highest BCUT2D eigenvalue weighted by atomic mass is 15.3. The zero-order chi connectivity index (χ0) is 15.2. The van der Waals surface area contributed by atoms with Crippen LogP contribution in [0.15, 0.2) is 12.4 Å². The van der Waals surface area contributed by atoms with Crippen LogP contribution in [0.25, 0.3) is 0 Å². The molecule has 0 amide bonds. The van der Waals surface area contributed by atoms with Gasteiger partial charge in [0.2, 0.25) is 0 Å². The standard InChI is InChI=1S/C16H29N5/c1-13(2)8-17-9-14-10-19-16(11-18-14)21-7-5-6-15(21)12-20(3)4/h10-11,13,15,17H,5-9,12H2,1-4H3. The summed E-state index contributed by atoms with van der Waals surface area (Å²) >= 11 is 0. The first-order chi connectivity index (χ1) is 10.1. The van der Waals surface area contributed by atoms with E-state index < -0.39 is 0 Å². The summed E-state index contributed by atoms with van der Waals surface area (Å²) < 4.78 is 0. The van der Waals surface area contributed by atoms with E-state index in [0.717, 1.165) is 37.7 Å². The van der Waals surface area contributed by atoms with Crippen LogP contribution in [0.4, 0.5) is 5.82 Å². The van der Waals surface area contributed by atoms with Crippen LogP contribution >= 0.6 is 0 Å². The number of anilines is 1. The van der Waals surface area contributed by atoms with Crippen molar-refractivity contribution < 1.29 is 0 Å². The Labute approximate surface area is 128 Å². The second kappa shape index (κ2) is 7.71. The fourth-order valence-corrected chi connectivity index (χ4v) is 2.83. The molecule has 1 aromatic heterocycles. The minimum atomic E-state index is 0.569. The van der Waals surface area contributed by atoms with E-state index in [2.05, 4.69) is 53.0 Å². The van der Waals surface area contributed by atoms with Gasteiger partial charge in [0.1, 0.15) is 5.82 Å². The summed E-state index contributed by atoms with van der Waals surface area (Å²) in [7, 11) is 4.26. The maximum absolute atomic E-state index is 4.62. The molecule has 1 aliphatic rings. The minimum absolute atomic E-state index is 0.569. The largest absolute Gasteiger partial charge is 0.351 e. The number of likely N-dealkylation sites (N-methyl/N-ethyl adjacent to an activating group) is 1. The molecule has 2 rings (SSSR count). The van der Waals surface area contributed by atoms with E-state index >= 15 is 0 Å². The van der Waals surface area contributed by atoms with Crippen LogP contribution in [0.3, 0.4) is 0 Å². The predicted molar refractivity (Wildman–Crippen MR) is 87.5 cm³/mol. The zero-order valence-corrected chi connectivity index (χ0v) is 13.8. The maximum Gasteiger partial charge on any atom is 0.147 e. The van der Waals surface area contributed by atoms with Gasteiger partial charge in [0.15, 0.2) is 0 Å². The van der Waals surface area contributed by atoms with Crippen molar-refractivity contribution in [1.82, 2.24) is 20.2 Å². The molecule has 5 nitrogen and oxygen atoms in total. The van der Waals surface area contributed by atoms with Gasteiger partial charge >= 0.3 is 0 Å². The Morgan fingerprint density at radius 1 is 1.33 bits per heavy atom. The fourth-order valence-electron chi connectivity index (χ4n) is 2.83. The summed E-state index contributed by atoms with van der Waals surface area (Å²) in [5.41, 5.74) is 1.02. The van der Waals surface area contributed by atoms with E-state index in [1.807, 2.05) is 12.4 Å². The number of rotatable bonds is 7. The molecule has 1 atom stereocenters. The van der Waals surface area contributed by atoms with Crippen LogP contribution in [0.5, 0.6) is 0 Å². The molecule has 0 radical (unpaired) electrons. The van der Waals surface area contributed by atoms with Crippen LogP contribution in [0.2, 0.25) is 0 Å². The number of nitrogens with zero attached hydrogens (tertiary/aromatic N) is 4. The average molecular weight is 291 g/mol. The third kappa shape index (κ3) is 4.93. The van der Waals surface area contributed by atoms with Crippen molar-refractivity contribution in [3.63, 3.8) is 0 Å². The lowest BCUT2D eigenvalue weighted by Gasteiger charge is -2.27. The molecule has 21 heavy (non-hydrogen) atoms. The SMILES string of the molecule is CC(C)CNCc1cnc(N2CCCC2CN(C)C)cn1. The lowest BCUT2D eigenvalue weighted by Crippen LogP contribution is -2.38. The smallest absolute Gasteiger partial charge is 0.147 e. The molecule has 1 fully saturated rings. The lowest BCUT2D eigenvalue weighted by atomic mass is 10.2. The normalized spacial score (nSPS) is 19.0. The highest BCUT2D eigenvalue weighted by Crippen LogP contribution is 2.23. The molecule has 118 valence electrons. The molecule has 1 saturated heterocycles. The zero-order valence-electron chi connectivity index (χ0n) is 13.8. The quantitative estimate of drug-likeness (QED) is 0.829. The Morgan fingerprint density at radius 3 is 2.76 bits per heavy atom. The molecule has 1 aromatic rings. The third-order valence-electron chi connectivity index (χ3n) is 3.80. The van der Waals surface area contributed by atoms with Gasteiger partial charge in [-0.2, -0.15) is 0 Å². The van der Waals surface area contributed by atoms with Gasteiger partial charge in [-0.05, 0) is 39.4 Å². The van der Waals surface area contributed by atoms with Crippen LogP contribution in [0, 0.1) is 5.92 Å². The number of aromatic nitrogens is 2. The van der Waals surface area contributed by atoms with E-state index in [4.69, 9.17) is 0 Å². The van der Waals surface area contributed by atoms with Crippen LogP contribution in [-0.4, -0.2) is 54.6 Å². The molecular formula is C16H29N5. The van der Waals surface area contributed by atoms with E-state index in [9.17, 15) is 0 Å². The van der Waals surface area contributed by atoms with Crippen molar-refractivity contribution in [1.29, 1.82) is 0 Å². The van der Waals surface area contributed by atoms with Gasteiger partial charge in [-0.1, -0.05) is 13.8 Å². The van der Waals surface area contributed by atoms with Crippen LogP contribution in [-0.2, 0) is 6.54 Å². The van der Waals surface area contributed by atoms with Crippen molar-refractivity contribution in [2.24, 2.45) is 5.92 Å². The second-order valence-electron chi connectivity index (χ2n) is 6.64. The van der Waals surface area contributed by atoms with Gasteiger partial charge in [0.25, 0.3) is 0 Å². The lowest BCUT2D eigenvalue weighted by molar-refractivity contribution is 0.371. The number of nitrogens with one attached hydrogen (secondary N) is 1. The molecule has 1 aliphatic heterocycles. The van der Waals surface area contributed by atoms with Crippen molar-refractivity contribution >= 4 is 5.82 Å². The molecule has 1 N–H and O–H groups in total. The van der Waals surface area contributed by atoms with Crippen molar-refractivity contribution in [2.75, 3.05) is 38.6 Å². The highest BCUT2D eigenvalue weighted by Gasteiger charge is 2.26.